The minimum atomic E-state index is -0.377. The maximum Gasteiger partial charge on any atom is 0.266 e. The number of benzene rings is 2. The van der Waals surface area contributed by atoms with E-state index in [-0.39, 0.29) is 30.6 Å². The zero-order valence-electron chi connectivity index (χ0n) is 13.9. The van der Waals surface area contributed by atoms with Crippen LogP contribution < -0.4 is 5.32 Å². The molecule has 4 nitrogen and oxygen atoms in total. The third kappa shape index (κ3) is 5.15. The van der Waals surface area contributed by atoms with E-state index in [0.29, 0.717) is 19.9 Å². The fourth-order valence-corrected chi connectivity index (χ4v) is 3.81. The van der Waals surface area contributed by atoms with Crippen molar-refractivity contribution in [2.45, 2.75) is 6.42 Å². The van der Waals surface area contributed by atoms with E-state index in [9.17, 15) is 14.0 Å². The van der Waals surface area contributed by atoms with Crippen LogP contribution in [0, 0.1) is 5.82 Å². The Kier molecular flexibility index (Phi) is 6.26. The highest BCUT2D eigenvalue weighted by Gasteiger charge is 2.32. The molecular formula is C19H14ClFN2O2S2. The van der Waals surface area contributed by atoms with Crippen molar-refractivity contribution in [3.8, 4) is 0 Å². The van der Waals surface area contributed by atoms with E-state index in [1.807, 2.05) is 12.1 Å². The fourth-order valence-electron chi connectivity index (χ4n) is 2.37. The van der Waals surface area contributed by atoms with Crippen LogP contribution in [0.1, 0.15) is 12.0 Å². The van der Waals surface area contributed by atoms with Crippen molar-refractivity contribution in [2.75, 3.05) is 11.9 Å². The van der Waals surface area contributed by atoms with Gasteiger partial charge in [0.2, 0.25) is 5.91 Å². The Balaban J connectivity index is 1.59. The normalized spacial score (nSPS) is 15.5. The Bertz CT molecular complexity index is 914. The second-order valence-electron chi connectivity index (χ2n) is 5.69. The van der Waals surface area contributed by atoms with Gasteiger partial charge in [0.1, 0.15) is 10.1 Å². The number of nitrogens with zero attached hydrogens (tertiary/aromatic N) is 1. The molecule has 1 fully saturated rings. The quantitative estimate of drug-likeness (QED) is 0.562. The molecule has 1 saturated heterocycles. The minimum Gasteiger partial charge on any atom is -0.326 e. The molecule has 0 saturated carbocycles. The number of carbonyl (C=O) groups is 2. The SMILES string of the molecule is O=C(CCN1C(=O)/C(=C/c2ccc(Cl)cc2)SC1=S)Nc1ccc(F)cc1. The maximum absolute atomic E-state index is 12.9. The van der Waals surface area contributed by atoms with E-state index in [2.05, 4.69) is 5.32 Å². The first-order chi connectivity index (χ1) is 12.9. The lowest BCUT2D eigenvalue weighted by Gasteiger charge is -2.14. The van der Waals surface area contributed by atoms with Gasteiger partial charge in [-0.3, -0.25) is 14.5 Å². The van der Waals surface area contributed by atoms with Crippen molar-refractivity contribution in [2.24, 2.45) is 0 Å². The summed E-state index contributed by atoms with van der Waals surface area (Å²) < 4.78 is 13.3. The molecule has 0 bridgehead atoms. The van der Waals surface area contributed by atoms with Gasteiger partial charge in [0.05, 0.1) is 4.91 Å². The Morgan fingerprint density at radius 1 is 1.19 bits per heavy atom. The van der Waals surface area contributed by atoms with Gasteiger partial charge in [-0.2, -0.15) is 0 Å². The van der Waals surface area contributed by atoms with E-state index in [4.69, 9.17) is 23.8 Å². The highest BCUT2D eigenvalue weighted by molar-refractivity contribution is 8.26. The second kappa shape index (κ2) is 8.65. The number of carbonyl (C=O) groups excluding carboxylic acids is 2. The topological polar surface area (TPSA) is 49.4 Å². The molecule has 0 spiro atoms. The molecule has 0 unspecified atom stereocenters. The number of nitrogens with one attached hydrogen (secondary N) is 1. The van der Waals surface area contributed by atoms with Gasteiger partial charge in [-0.15, -0.1) is 0 Å². The molecule has 0 aliphatic carbocycles. The third-order valence-electron chi connectivity index (χ3n) is 3.73. The van der Waals surface area contributed by atoms with Crippen LogP contribution in [-0.2, 0) is 9.59 Å². The molecule has 3 rings (SSSR count). The van der Waals surface area contributed by atoms with Crippen LogP contribution in [0.15, 0.2) is 53.4 Å². The summed E-state index contributed by atoms with van der Waals surface area (Å²) in [4.78, 5) is 26.5. The van der Waals surface area contributed by atoms with Crippen molar-refractivity contribution < 1.29 is 14.0 Å². The molecular weight excluding hydrogens is 407 g/mol. The van der Waals surface area contributed by atoms with Crippen molar-refractivity contribution in [1.29, 1.82) is 0 Å². The molecule has 2 aromatic rings. The Labute approximate surface area is 170 Å². The zero-order valence-corrected chi connectivity index (χ0v) is 16.3. The van der Waals surface area contributed by atoms with Gasteiger partial charge in [0.15, 0.2) is 0 Å². The van der Waals surface area contributed by atoms with Gasteiger partial charge in [-0.1, -0.05) is 47.7 Å². The lowest BCUT2D eigenvalue weighted by Crippen LogP contribution is -2.31. The first-order valence-electron chi connectivity index (χ1n) is 7.99. The van der Waals surface area contributed by atoms with Crippen LogP contribution in [0.3, 0.4) is 0 Å². The number of thioether (sulfide) groups is 1. The van der Waals surface area contributed by atoms with E-state index in [1.54, 1.807) is 18.2 Å². The molecule has 1 aliphatic heterocycles. The number of halogens is 2. The Morgan fingerprint density at radius 3 is 2.52 bits per heavy atom. The largest absolute Gasteiger partial charge is 0.326 e. The molecule has 0 radical (unpaired) electrons. The number of hydrogen-bond acceptors (Lipinski definition) is 4. The molecule has 1 N–H and O–H groups in total. The smallest absolute Gasteiger partial charge is 0.266 e. The maximum atomic E-state index is 12.9. The second-order valence-corrected chi connectivity index (χ2v) is 7.80. The predicted molar refractivity (Wildman–Crippen MR) is 111 cm³/mol. The van der Waals surface area contributed by atoms with E-state index >= 15 is 0 Å². The summed E-state index contributed by atoms with van der Waals surface area (Å²) in [6.07, 6.45) is 1.83. The fraction of sp³-hybridized carbons (Fsp3) is 0.105. The average molecular weight is 421 g/mol. The molecule has 2 aromatic carbocycles. The van der Waals surface area contributed by atoms with Gasteiger partial charge < -0.3 is 5.32 Å². The number of amides is 2. The van der Waals surface area contributed by atoms with E-state index in [0.717, 1.165) is 5.56 Å². The van der Waals surface area contributed by atoms with E-state index < -0.39 is 0 Å². The molecule has 1 heterocycles. The number of thiocarbonyl (C=S) groups is 1. The molecule has 1 aliphatic rings. The summed E-state index contributed by atoms with van der Waals surface area (Å²) in [6.45, 7) is 0.176. The summed E-state index contributed by atoms with van der Waals surface area (Å²) in [5, 5.41) is 3.28. The first-order valence-corrected chi connectivity index (χ1v) is 9.59. The number of rotatable bonds is 5. The van der Waals surface area contributed by atoms with E-state index in [1.165, 1.54) is 40.9 Å². The van der Waals surface area contributed by atoms with Crippen LogP contribution in [0.25, 0.3) is 6.08 Å². The van der Waals surface area contributed by atoms with Crippen LogP contribution in [0.2, 0.25) is 5.02 Å². The predicted octanol–water partition coefficient (Wildman–Crippen LogP) is 4.71. The van der Waals surface area contributed by atoms with Gasteiger partial charge in [0.25, 0.3) is 5.91 Å². The van der Waals surface area contributed by atoms with Gasteiger partial charge >= 0.3 is 0 Å². The van der Waals surface area contributed by atoms with Crippen LogP contribution >= 0.6 is 35.6 Å². The van der Waals surface area contributed by atoms with Crippen molar-refractivity contribution >= 4 is 63.5 Å². The van der Waals surface area contributed by atoms with Crippen LogP contribution in [-0.4, -0.2) is 27.6 Å². The average Bonchev–Trinajstić information content (AvgIpc) is 2.90. The molecule has 27 heavy (non-hydrogen) atoms. The third-order valence-corrected chi connectivity index (χ3v) is 5.36. The van der Waals surface area contributed by atoms with Crippen LogP contribution in [0.4, 0.5) is 10.1 Å². The van der Waals surface area contributed by atoms with Gasteiger partial charge in [0, 0.05) is 23.7 Å². The Hall–Kier alpha value is -2.22. The zero-order chi connectivity index (χ0) is 19.4. The van der Waals surface area contributed by atoms with Gasteiger partial charge in [-0.05, 0) is 48.0 Å². The monoisotopic (exact) mass is 420 g/mol. The molecule has 0 atom stereocenters. The standard InChI is InChI=1S/C19H14ClFN2O2S2/c20-13-3-1-12(2-4-13)11-16-18(25)23(19(26)27-16)10-9-17(24)22-15-7-5-14(21)6-8-15/h1-8,11H,9-10H2,(H,22,24)/b16-11-. The molecule has 2 amide bonds. The minimum absolute atomic E-state index is 0.0814. The van der Waals surface area contributed by atoms with Crippen molar-refractivity contribution in [3.63, 3.8) is 0 Å². The lowest BCUT2D eigenvalue weighted by molar-refractivity contribution is -0.122. The summed E-state index contributed by atoms with van der Waals surface area (Å²) in [6, 6.07) is 12.6. The van der Waals surface area contributed by atoms with Crippen molar-refractivity contribution in [3.05, 3.63) is 69.8 Å². The van der Waals surface area contributed by atoms with Gasteiger partial charge in [-0.25, -0.2) is 4.39 Å². The molecule has 0 aromatic heterocycles. The lowest BCUT2D eigenvalue weighted by atomic mass is 10.2. The van der Waals surface area contributed by atoms with Crippen molar-refractivity contribution in [1.82, 2.24) is 4.90 Å². The Morgan fingerprint density at radius 2 is 1.85 bits per heavy atom. The van der Waals surface area contributed by atoms with Crippen LogP contribution in [0.5, 0.6) is 0 Å². The summed E-state index contributed by atoms with van der Waals surface area (Å²) in [5.41, 5.74) is 1.34. The highest BCUT2D eigenvalue weighted by Crippen LogP contribution is 2.32. The number of anilines is 1. The molecule has 138 valence electrons. The highest BCUT2D eigenvalue weighted by atomic mass is 35.5. The molecule has 8 heteroatoms. The summed E-state index contributed by atoms with van der Waals surface area (Å²) >= 11 is 12.3. The summed E-state index contributed by atoms with van der Waals surface area (Å²) in [7, 11) is 0. The number of hydrogen-bond donors (Lipinski definition) is 1. The summed E-state index contributed by atoms with van der Waals surface area (Å²) in [5.74, 6) is -0.884. The first kappa shape index (κ1) is 19.5.